The quantitative estimate of drug-likeness (QED) is 0.647. The zero-order valence-corrected chi connectivity index (χ0v) is 17.5. The highest BCUT2D eigenvalue weighted by molar-refractivity contribution is 5.94. The second-order valence-corrected chi connectivity index (χ2v) is 7.49. The van der Waals surface area contributed by atoms with Crippen molar-refractivity contribution >= 4 is 23.1 Å². The number of hydrogen-bond acceptors (Lipinski definition) is 6. The summed E-state index contributed by atoms with van der Waals surface area (Å²) in [6.45, 7) is 5.63. The number of rotatable bonds is 5. The summed E-state index contributed by atoms with van der Waals surface area (Å²) >= 11 is 0. The van der Waals surface area contributed by atoms with Gasteiger partial charge in [0.05, 0.1) is 12.1 Å². The van der Waals surface area contributed by atoms with E-state index in [0.29, 0.717) is 48.0 Å². The molecule has 3 aromatic heterocycles. The molecule has 0 aromatic carbocycles. The van der Waals surface area contributed by atoms with E-state index in [0.717, 1.165) is 18.5 Å². The van der Waals surface area contributed by atoms with Gasteiger partial charge in [0.2, 0.25) is 0 Å². The zero-order valence-electron chi connectivity index (χ0n) is 17.5. The van der Waals surface area contributed by atoms with Gasteiger partial charge in [-0.3, -0.25) is 14.0 Å². The molecule has 0 bridgehead atoms. The number of carbonyl (C=O) groups excluding carboxylic acids is 1. The van der Waals surface area contributed by atoms with Crippen molar-refractivity contribution in [3.8, 4) is 5.75 Å². The summed E-state index contributed by atoms with van der Waals surface area (Å²) in [5, 5.41) is 0. The summed E-state index contributed by atoms with van der Waals surface area (Å²) in [6, 6.07) is 5.48. The molecular weight excluding hydrogens is 382 g/mol. The maximum atomic E-state index is 12.7. The molecule has 0 spiro atoms. The summed E-state index contributed by atoms with van der Waals surface area (Å²) < 4.78 is 7.33. The maximum absolute atomic E-state index is 12.7. The standard InChI is InChI=1S/C22H25N5O3/c1-4-5-7-25(3)22(29)16-11-18-20(24-14-16)26(9-10-30-18)17-6-8-27-19(12-17)23-13-15(2)21(27)28/h6,8,11-14H,4-5,7,9-10H2,1-3H3. The molecule has 8 nitrogen and oxygen atoms in total. The number of aromatic nitrogens is 3. The summed E-state index contributed by atoms with van der Waals surface area (Å²) in [5.74, 6) is 1.15. The van der Waals surface area contributed by atoms with Gasteiger partial charge in [-0.2, -0.15) is 0 Å². The number of amides is 1. The van der Waals surface area contributed by atoms with E-state index in [9.17, 15) is 9.59 Å². The molecule has 1 aliphatic rings. The van der Waals surface area contributed by atoms with E-state index in [4.69, 9.17) is 4.74 Å². The molecule has 0 atom stereocenters. The monoisotopic (exact) mass is 407 g/mol. The van der Waals surface area contributed by atoms with Gasteiger partial charge in [0.1, 0.15) is 12.3 Å². The third-order valence-corrected chi connectivity index (χ3v) is 5.28. The molecule has 0 fully saturated rings. The van der Waals surface area contributed by atoms with Gasteiger partial charge in [-0.05, 0) is 25.5 Å². The predicted molar refractivity (Wildman–Crippen MR) is 115 cm³/mol. The lowest BCUT2D eigenvalue weighted by molar-refractivity contribution is 0.0792. The van der Waals surface area contributed by atoms with Gasteiger partial charge in [-0.25, -0.2) is 9.97 Å². The predicted octanol–water partition coefficient (Wildman–Crippen LogP) is 2.80. The van der Waals surface area contributed by atoms with Crippen molar-refractivity contribution in [3.05, 3.63) is 58.3 Å². The summed E-state index contributed by atoms with van der Waals surface area (Å²) in [7, 11) is 1.80. The molecule has 30 heavy (non-hydrogen) atoms. The minimum absolute atomic E-state index is 0.0656. The van der Waals surface area contributed by atoms with Gasteiger partial charge < -0.3 is 14.5 Å². The first-order chi connectivity index (χ1) is 14.5. The number of fused-ring (bicyclic) bond motifs is 2. The lowest BCUT2D eigenvalue weighted by Crippen LogP contribution is -2.31. The first-order valence-electron chi connectivity index (χ1n) is 10.1. The summed E-state index contributed by atoms with van der Waals surface area (Å²) in [4.78, 5) is 37.6. The van der Waals surface area contributed by atoms with Gasteiger partial charge in [0.25, 0.3) is 11.5 Å². The Balaban J connectivity index is 1.66. The Hall–Kier alpha value is -3.42. The fourth-order valence-corrected chi connectivity index (χ4v) is 3.51. The Bertz CT molecular complexity index is 1160. The van der Waals surface area contributed by atoms with Crippen molar-refractivity contribution in [3.63, 3.8) is 0 Å². The smallest absolute Gasteiger partial charge is 0.260 e. The van der Waals surface area contributed by atoms with Gasteiger partial charge in [0.15, 0.2) is 11.6 Å². The zero-order chi connectivity index (χ0) is 21.3. The minimum Gasteiger partial charge on any atom is -0.488 e. The molecule has 156 valence electrons. The van der Waals surface area contributed by atoms with E-state index >= 15 is 0 Å². The largest absolute Gasteiger partial charge is 0.488 e. The van der Waals surface area contributed by atoms with Crippen LogP contribution in [0.5, 0.6) is 5.75 Å². The summed E-state index contributed by atoms with van der Waals surface area (Å²) in [6.07, 6.45) is 6.90. The second kappa shape index (κ2) is 8.14. The van der Waals surface area contributed by atoms with E-state index in [1.807, 2.05) is 17.0 Å². The molecule has 4 heterocycles. The van der Waals surface area contributed by atoms with Crippen molar-refractivity contribution in [1.29, 1.82) is 0 Å². The Kier molecular flexibility index (Phi) is 5.39. The Morgan fingerprint density at radius 3 is 2.90 bits per heavy atom. The molecule has 3 aromatic rings. The number of ether oxygens (including phenoxy) is 1. The van der Waals surface area contributed by atoms with Crippen molar-refractivity contribution in [1.82, 2.24) is 19.3 Å². The summed E-state index contributed by atoms with van der Waals surface area (Å²) in [5.41, 5.74) is 2.46. The lowest BCUT2D eigenvalue weighted by atomic mass is 10.2. The fraction of sp³-hybridized carbons (Fsp3) is 0.364. The van der Waals surface area contributed by atoms with Gasteiger partial charge in [0, 0.05) is 49.5 Å². The maximum Gasteiger partial charge on any atom is 0.260 e. The van der Waals surface area contributed by atoms with E-state index in [1.54, 1.807) is 43.5 Å². The van der Waals surface area contributed by atoms with E-state index in [-0.39, 0.29) is 11.5 Å². The van der Waals surface area contributed by atoms with Crippen molar-refractivity contribution in [2.75, 3.05) is 31.6 Å². The van der Waals surface area contributed by atoms with Gasteiger partial charge in [-0.15, -0.1) is 0 Å². The van der Waals surface area contributed by atoms with Gasteiger partial charge in [-0.1, -0.05) is 13.3 Å². The second-order valence-electron chi connectivity index (χ2n) is 7.49. The van der Waals surface area contributed by atoms with E-state index < -0.39 is 0 Å². The molecule has 0 radical (unpaired) electrons. The Labute approximate surface area is 174 Å². The number of aryl methyl sites for hydroxylation is 1. The molecule has 8 heteroatoms. The van der Waals surface area contributed by atoms with Crippen LogP contribution in [0.3, 0.4) is 0 Å². The fourth-order valence-electron chi connectivity index (χ4n) is 3.51. The molecule has 0 unspecified atom stereocenters. The van der Waals surface area contributed by atoms with Crippen molar-refractivity contribution in [2.24, 2.45) is 0 Å². The number of unbranched alkanes of at least 4 members (excludes halogenated alkanes) is 1. The highest BCUT2D eigenvalue weighted by Crippen LogP contribution is 2.35. The first-order valence-corrected chi connectivity index (χ1v) is 10.1. The average Bonchev–Trinajstić information content (AvgIpc) is 2.78. The van der Waals surface area contributed by atoms with Gasteiger partial charge >= 0.3 is 0 Å². The minimum atomic E-state index is -0.0811. The normalized spacial score (nSPS) is 13.1. The van der Waals surface area contributed by atoms with Crippen LogP contribution in [0.25, 0.3) is 5.65 Å². The third kappa shape index (κ3) is 3.60. The van der Waals surface area contributed by atoms with Crippen LogP contribution in [0.2, 0.25) is 0 Å². The third-order valence-electron chi connectivity index (χ3n) is 5.28. The van der Waals surface area contributed by atoms with Crippen LogP contribution in [0.4, 0.5) is 11.5 Å². The molecule has 1 amide bonds. The van der Waals surface area contributed by atoms with Crippen molar-refractivity contribution in [2.45, 2.75) is 26.7 Å². The molecule has 4 rings (SSSR count). The number of pyridine rings is 2. The van der Waals surface area contributed by atoms with Crippen molar-refractivity contribution < 1.29 is 9.53 Å². The molecule has 0 aliphatic carbocycles. The highest BCUT2D eigenvalue weighted by atomic mass is 16.5. The average molecular weight is 407 g/mol. The topological polar surface area (TPSA) is 80.0 Å². The number of nitrogens with zero attached hydrogens (tertiary/aromatic N) is 5. The van der Waals surface area contributed by atoms with Crippen LogP contribution in [-0.4, -0.2) is 51.9 Å². The molecule has 0 saturated heterocycles. The molecular formula is C22H25N5O3. The Morgan fingerprint density at radius 2 is 2.10 bits per heavy atom. The highest BCUT2D eigenvalue weighted by Gasteiger charge is 2.24. The van der Waals surface area contributed by atoms with Crippen LogP contribution in [-0.2, 0) is 0 Å². The lowest BCUT2D eigenvalue weighted by Gasteiger charge is -2.30. The number of anilines is 2. The Morgan fingerprint density at radius 1 is 1.27 bits per heavy atom. The van der Waals surface area contributed by atoms with E-state index in [2.05, 4.69) is 16.9 Å². The van der Waals surface area contributed by atoms with Crippen LogP contribution in [0.15, 0.2) is 41.6 Å². The molecule has 0 N–H and O–H groups in total. The number of carbonyl (C=O) groups is 1. The van der Waals surface area contributed by atoms with Crippen LogP contribution < -0.4 is 15.2 Å². The van der Waals surface area contributed by atoms with Crippen LogP contribution in [0, 0.1) is 6.92 Å². The van der Waals surface area contributed by atoms with E-state index in [1.165, 1.54) is 4.40 Å². The number of hydrogen-bond donors (Lipinski definition) is 0. The van der Waals surface area contributed by atoms with Crippen LogP contribution in [0.1, 0.15) is 35.7 Å². The van der Waals surface area contributed by atoms with Crippen LogP contribution >= 0.6 is 0 Å². The SMILES string of the molecule is CCCCN(C)C(=O)c1cnc2c(c1)OCCN2c1ccn2c(=O)c(C)cnc2c1. The molecule has 0 saturated carbocycles. The first kappa shape index (κ1) is 19.9. The molecule has 1 aliphatic heterocycles.